The molecule has 0 amide bonds. The van der Waals surface area contributed by atoms with Gasteiger partial charge in [0, 0.05) is 11.6 Å². The molecule has 1 aliphatic carbocycles. The molecule has 1 heterocycles. The molecule has 1 saturated carbocycles. The van der Waals surface area contributed by atoms with Crippen LogP contribution in [0.25, 0.3) is 10.2 Å². The lowest BCUT2D eigenvalue weighted by atomic mass is 9.86. The van der Waals surface area contributed by atoms with Crippen LogP contribution in [-0.4, -0.2) is 11.5 Å². The van der Waals surface area contributed by atoms with Crippen molar-refractivity contribution in [1.29, 1.82) is 0 Å². The molecule has 0 atom stereocenters. The molecular weight excluding hydrogens is 240 g/mol. The van der Waals surface area contributed by atoms with Crippen LogP contribution in [0.1, 0.15) is 19.3 Å². The molecule has 0 bridgehead atoms. The molecule has 1 N–H and O–H groups in total. The van der Waals surface area contributed by atoms with Gasteiger partial charge in [0.2, 0.25) is 0 Å². The standard InChI is InChI=1S/C12H13ClN2S/c13-9-4-5-11-10(6-9)15-12(16-11)14-7-8-2-1-3-8/h4-6,8H,1-3,7H2,(H,14,15). The van der Waals surface area contributed by atoms with Crippen LogP contribution < -0.4 is 5.32 Å². The van der Waals surface area contributed by atoms with Gasteiger partial charge >= 0.3 is 0 Å². The second-order valence-corrected chi connectivity index (χ2v) is 5.78. The molecule has 1 aromatic carbocycles. The van der Waals surface area contributed by atoms with Gasteiger partial charge < -0.3 is 5.32 Å². The summed E-state index contributed by atoms with van der Waals surface area (Å²) in [5, 5.41) is 5.19. The normalized spacial score (nSPS) is 16.3. The molecule has 1 fully saturated rings. The molecule has 16 heavy (non-hydrogen) atoms. The summed E-state index contributed by atoms with van der Waals surface area (Å²) in [5.74, 6) is 0.857. The summed E-state index contributed by atoms with van der Waals surface area (Å²) in [4.78, 5) is 4.53. The van der Waals surface area contributed by atoms with Gasteiger partial charge in [-0.25, -0.2) is 4.98 Å². The first kappa shape index (κ1) is 10.4. The Bertz CT molecular complexity index is 505. The summed E-state index contributed by atoms with van der Waals surface area (Å²) in [6.45, 7) is 1.06. The second-order valence-electron chi connectivity index (χ2n) is 4.31. The zero-order valence-electron chi connectivity index (χ0n) is 8.87. The maximum absolute atomic E-state index is 5.93. The van der Waals surface area contributed by atoms with Gasteiger partial charge in [-0.2, -0.15) is 0 Å². The number of rotatable bonds is 3. The minimum absolute atomic E-state index is 0.753. The lowest BCUT2D eigenvalue weighted by molar-refractivity contribution is 0.333. The Morgan fingerprint density at radius 2 is 2.31 bits per heavy atom. The van der Waals surface area contributed by atoms with E-state index in [2.05, 4.69) is 10.3 Å². The van der Waals surface area contributed by atoms with Crippen LogP contribution in [0.3, 0.4) is 0 Å². The van der Waals surface area contributed by atoms with Crippen molar-refractivity contribution in [2.45, 2.75) is 19.3 Å². The average Bonchev–Trinajstić information content (AvgIpc) is 2.57. The monoisotopic (exact) mass is 252 g/mol. The minimum atomic E-state index is 0.753. The van der Waals surface area contributed by atoms with Crippen molar-refractivity contribution in [1.82, 2.24) is 4.98 Å². The van der Waals surface area contributed by atoms with Gasteiger partial charge in [0.15, 0.2) is 5.13 Å². The molecule has 3 rings (SSSR count). The average molecular weight is 253 g/mol. The third-order valence-electron chi connectivity index (χ3n) is 3.12. The van der Waals surface area contributed by atoms with E-state index < -0.39 is 0 Å². The van der Waals surface area contributed by atoms with Crippen molar-refractivity contribution in [3.63, 3.8) is 0 Å². The molecule has 1 aromatic heterocycles. The summed E-state index contributed by atoms with van der Waals surface area (Å²) < 4.78 is 1.19. The van der Waals surface area contributed by atoms with Crippen molar-refractivity contribution in [2.24, 2.45) is 5.92 Å². The van der Waals surface area contributed by atoms with E-state index in [0.717, 1.165) is 28.1 Å². The Morgan fingerprint density at radius 3 is 3.06 bits per heavy atom. The van der Waals surface area contributed by atoms with Crippen LogP contribution >= 0.6 is 22.9 Å². The van der Waals surface area contributed by atoms with Crippen LogP contribution in [0, 0.1) is 5.92 Å². The zero-order chi connectivity index (χ0) is 11.0. The fourth-order valence-electron chi connectivity index (χ4n) is 1.90. The highest BCUT2D eigenvalue weighted by Crippen LogP contribution is 2.30. The molecule has 2 nitrogen and oxygen atoms in total. The molecule has 1 aliphatic rings. The smallest absolute Gasteiger partial charge is 0.183 e. The highest BCUT2D eigenvalue weighted by atomic mass is 35.5. The minimum Gasteiger partial charge on any atom is -0.361 e. The first-order valence-corrected chi connectivity index (χ1v) is 6.81. The van der Waals surface area contributed by atoms with Gasteiger partial charge in [-0.05, 0) is 37.0 Å². The number of nitrogens with one attached hydrogen (secondary N) is 1. The van der Waals surface area contributed by atoms with Crippen molar-refractivity contribution in [3.05, 3.63) is 23.2 Å². The van der Waals surface area contributed by atoms with Gasteiger partial charge in [-0.1, -0.05) is 29.4 Å². The Hall–Kier alpha value is -0.800. The topological polar surface area (TPSA) is 24.9 Å². The Kier molecular flexibility index (Phi) is 2.74. The fourth-order valence-corrected chi connectivity index (χ4v) is 2.92. The number of halogens is 1. The highest BCUT2D eigenvalue weighted by molar-refractivity contribution is 7.22. The number of fused-ring (bicyclic) bond motifs is 1. The van der Waals surface area contributed by atoms with E-state index >= 15 is 0 Å². The third kappa shape index (κ3) is 2.02. The Labute approximate surface area is 104 Å². The summed E-state index contributed by atoms with van der Waals surface area (Å²) in [5.41, 5.74) is 0.994. The number of anilines is 1. The molecule has 0 aliphatic heterocycles. The quantitative estimate of drug-likeness (QED) is 0.887. The number of hydrogen-bond acceptors (Lipinski definition) is 3. The summed E-state index contributed by atoms with van der Waals surface area (Å²) >= 11 is 7.63. The van der Waals surface area contributed by atoms with Gasteiger partial charge in [0.1, 0.15) is 0 Å². The van der Waals surface area contributed by atoms with Crippen LogP contribution in [0.2, 0.25) is 5.02 Å². The van der Waals surface area contributed by atoms with Gasteiger partial charge in [-0.15, -0.1) is 0 Å². The first-order chi connectivity index (χ1) is 7.81. The number of benzene rings is 1. The van der Waals surface area contributed by atoms with Crippen LogP contribution in [-0.2, 0) is 0 Å². The molecule has 0 spiro atoms. The van der Waals surface area contributed by atoms with E-state index in [1.807, 2.05) is 18.2 Å². The number of nitrogens with zero attached hydrogens (tertiary/aromatic N) is 1. The predicted molar refractivity (Wildman–Crippen MR) is 70.5 cm³/mol. The fraction of sp³-hybridized carbons (Fsp3) is 0.417. The van der Waals surface area contributed by atoms with E-state index in [4.69, 9.17) is 11.6 Å². The van der Waals surface area contributed by atoms with E-state index in [-0.39, 0.29) is 0 Å². The largest absolute Gasteiger partial charge is 0.361 e. The van der Waals surface area contributed by atoms with E-state index in [9.17, 15) is 0 Å². The van der Waals surface area contributed by atoms with Gasteiger partial charge in [0.05, 0.1) is 10.2 Å². The molecular formula is C12H13ClN2S. The van der Waals surface area contributed by atoms with Crippen molar-refractivity contribution in [2.75, 3.05) is 11.9 Å². The maximum Gasteiger partial charge on any atom is 0.183 e. The molecule has 0 radical (unpaired) electrons. The molecule has 4 heteroatoms. The summed E-state index contributed by atoms with van der Waals surface area (Å²) in [7, 11) is 0. The van der Waals surface area contributed by atoms with E-state index in [1.165, 1.54) is 24.0 Å². The maximum atomic E-state index is 5.93. The van der Waals surface area contributed by atoms with Crippen LogP contribution in [0.5, 0.6) is 0 Å². The van der Waals surface area contributed by atoms with Crippen molar-refractivity contribution in [3.8, 4) is 0 Å². The van der Waals surface area contributed by atoms with Gasteiger partial charge in [0.25, 0.3) is 0 Å². The SMILES string of the molecule is Clc1ccc2sc(NCC3CCC3)nc2c1. The van der Waals surface area contributed by atoms with Gasteiger partial charge in [-0.3, -0.25) is 0 Å². The molecule has 84 valence electrons. The highest BCUT2D eigenvalue weighted by Gasteiger charge is 2.17. The summed E-state index contributed by atoms with van der Waals surface area (Å²) in [6.07, 6.45) is 4.12. The zero-order valence-corrected chi connectivity index (χ0v) is 10.4. The predicted octanol–water partition coefficient (Wildman–Crippen LogP) is 4.16. The van der Waals surface area contributed by atoms with E-state index in [1.54, 1.807) is 11.3 Å². The van der Waals surface area contributed by atoms with Crippen LogP contribution in [0.4, 0.5) is 5.13 Å². The number of hydrogen-bond donors (Lipinski definition) is 1. The van der Waals surface area contributed by atoms with Crippen LogP contribution in [0.15, 0.2) is 18.2 Å². The molecule has 2 aromatic rings. The molecule has 0 saturated heterocycles. The van der Waals surface area contributed by atoms with Crippen molar-refractivity contribution < 1.29 is 0 Å². The Morgan fingerprint density at radius 1 is 1.44 bits per heavy atom. The number of aromatic nitrogens is 1. The summed E-state index contributed by atoms with van der Waals surface area (Å²) in [6, 6.07) is 5.86. The molecule has 0 unspecified atom stereocenters. The first-order valence-electron chi connectivity index (χ1n) is 5.61. The third-order valence-corrected chi connectivity index (χ3v) is 4.35. The Balaban J connectivity index is 1.76. The van der Waals surface area contributed by atoms with E-state index in [0.29, 0.717) is 0 Å². The van der Waals surface area contributed by atoms with Crippen molar-refractivity contribution >= 4 is 38.3 Å². The lowest BCUT2D eigenvalue weighted by Gasteiger charge is -2.25. The second kappa shape index (κ2) is 4.22. The number of thiazole rings is 1. The lowest BCUT2D eigenvalue weighted by Crippen LogP contribution is -2.20.